The third kappa shape index (κ3) is 4.11. The van der Waals surface area contributed by atoms with Gasteiger partial charge in [-0.25, -0.2) is 5.01 Å². The van der Waals surface area contributed by atoms with Crippen LogP contribution in [0.5, 0.6) is 0 Å². The van der Waals surface area contributed by atoms with Gasteiger partial charge in [-0.05, 0) is 30.2 Å². The summed E-state index contributed by atoms with van der Waals surface area (Å²) in [7, 11) is 0. The molecule has 0 aliphatic carbocycles. The van der Waals surface area contributed by atoms with Crippen molar-refractivity contribution in [2.75, 3.05) is 0 Å². The van der Waals surface area contributed by atoms with Gasteiger partial charge in [-0.3, -0.25) is 9.59 Å². The van der Waals surface area contributed by atoms with Crippen molar-refractivity contribution in [2.24, 2.45) is 5.10 Å². The fraction of sp³-hybridized carbons (Fsp3) is 0.250. The summed E-state index contributed by atoms with van der Waals surface area (Å²) in [5.74, 6) is -1.29. The lowest BCUT2D eigenvalue weighted by Gasteiger charge is -2.22. The fourth-order valence-corrected chi connectivity index (χ4v) is 3.06. The molecule has 1 atom stereocenters. The van der Waals surface area contributed by atoms with E-state index in [1.54, 1.807) is 12.1 Å². The van der Waals surface area contributed by atoms with Gasteiger partial charge in [-0.15, -0.1) is 0 Å². The minimum Gasteiger partial charge on any atom is -0.481 e. The van der Waals surface area contributed by atoms with Crippen molar-refractivity contribution >= 4 is 29.2 Å². The first-order valence-corrected chi connectivity index (χ1v) is 8.75. The topological polar surface area (TPSA) is 70.0 Å². The van der Waals surface area contributed by atoms with Crippen LogP contribution >= 0.6 is 11.6 Å². The van der Waals surface area contributed by atoms with Crippen LogP contribution in [0.25, 0.3) is 0 Å². The summed E-state index contributed by atoms with van der Waals surface area (Å²) in [5.41, 5.74) is 3.84. The van der Waals surface area contributed by atoms with Crippen molar-refractivity contribution in [3.63, 3.8) is 0 Å². The number of nitrogens with zero attached hydrogens (tertiary/aromatic N) is 2. The molecule has 0 aromatic heterocycles. The van der Waals surface area contributed by atoms with Crippen molar-refractivity contribution < 1.29 is 14.7 Å². The highest BCUT2D eigenvalue weighted by atomic mass is 35.5. The standard InChI is InChI=1S/C20H19ClN2O3/c1-13-2-4-14(5-3-13)17-12-18(15-6-8-16(21)9-7-15)23(22-17)19(24)10-11-20(25)26/h2-9,18H,10-12H2,1H3,(H,25,26)/t18-/m1/s1. The van der Waals surface area contributed by atoms with Crippen molar-refractivity contribution in [3.05, 3.63) is 70.2 Å². The van der Waals surface area contributed by atoms with Crippen molar-refractivity contribution in [2.45, 2.75) is 32.2 Å². The first kappa shape index (κ1) is 18.1. The number of benzene rings is 2. The third-order valence-corrected chi connectivity index (χ3v) is 4.61. The number of aliphatic carboxylic acids is 1. The summed E-state index contributed by atoms with van der Waals surface area (Å²) in [6, 6.07) is 15.0. The van der Waals surface area contributed by atoms with E-state index in [1.807, 2.05) is 43.3 Å². The number of hydrogen-bond acceptors (Lipinski definition) is 3. The van der Waals surface area contributed by atoms with E-state index in [2.05, 4.69) is 5.10 Å². The van der Waals surface area contributed by atoms with Crippen molar-refractivity contribution in [1.82, 2.24) is 5.01 Å². The lowest BCUT2D eigenvalue weighted by molar-refractivity contribution is -0.141. The van der Waals surface area contributed by atoms with Gasteiger partial charge in [0.25, 0.3) is 0 Å². The predicted molar refractivity (Wildman–Crippen MR) is 100 cm³/mol. The van der Waals surface area contributed by atoms with E-state index < -0.39 is 5.97 Å². The number of carboxylic acids is 1. The summed E-state index contributed by atoms with van der Waals surface area (Å²) < 4.78 is 0. The van der Waals surface area contributed by atoms with Crippen LogP contribution in [0.15, 0.2) is 53.6 Å². The second-order valence-corrected chi connectivity index (χ2v) is 6.75. The molecular formula is C20H19ClN2O3. The third-order valence-electron chi connectivity index (χ3n) is 4.36. The maximum Gasteiger partial charge on any atom is 0.303 e. The molecule has 1 amide bonds. The number of aryl methyl sites for hydroxylation is 1. The first-order valence-electron chi connectivity index (χ1n) is 8.38. The first-order chi connectivity index (χ1) is 12.4. The highest BCUT2D eigenvalue weighted by Gasteiger charge is 2.33. The monoisotopic (exact) mass is 370 g/mol. The maximum atomic E-state index is 12.6. The van der Waals surface area contributed by atoms with E-state index >= 15 is 0 Å². The quantitative estimate of drug-likeness (QED) is 0.857. The molecule has 5 nitrogen and oxygen atoms in total. The molecule has 1 N–H and O–H groups in total. The van der Waals surface area contributed by atoms with E-state index in [0.717, 1.165) is 22.4 Å². The Morgan fingerprint density at radius 2 is 1.77 bits per heavy atom. The van der Waals surface area contributed by atoms with Gasteiger partial charge >= 0.3 is 5.97 Å². The van der Waals surface area contributed by atoms with Crippen LogP contribution in [0.2, 0.25) is 5.02 Å². The molecule has 1 aliphatic heterocycles. The van der Waals surface area contributed by atoms with Crippen LogP contribution in [0.4, 0.5) is 0 Å². The summed E-state index contributed by atoms with van der Waals surface area (Å²) in [4.78, 5) is 23.4. The Kier molecular flexibility index (Phi) is 5.38. The molecule has 1 aliphatic rings. The molecule has 0 unspecified atom stereocenters. The van der Waals surface area contributed by atoms with E-state index in [9.17, 15) is 9.59 Å². The molecular weight excluding hydrogens is 352 g/mol. The molecule has 1 heterocycles. The van der Waals surface area contributed by atoms with Gasteiger partial charge in [0.05, 0.1) is 18.2 Å². The largest absolute Gasteiger partial charge is 0.481 e. The molecule has 0 spiro atoms. The molecule has 0 fully saturated rings. The molecule has 2 aromatic carbocycles. The molecule has 0 saturated heterocycles. The normalized spacial score (nSPS) is 16.5. The summed E-state index contributed by atoms with van der Waals surface area (Å²) in [6.45, 7) is 2.01. The Balaban J connectivity index is 1.89. The number of carbonyl (C=O) groups is 2. The Morgan fingerprint density at radius 1 is 1.12 bits per heavy atom. The van der Waals surface area contributed by atoms with Gasteiger partial charge in [0, 0.05) is 17.9 Å². The SMILES string of the molecule is Cc1ccc(C2=NN(C(=O)CCC(=O)O)[C@@H](c3ccc(Cl)cc3)C2)cc1. The summed E-state index contributed by atoms with van der Waals surface area (Å²) >= 11 is 5.97. The summed E-state index contributed by atoms with van der Waals surface area (Å²) in [5, 5.41) is 15.4. The minimum absolute atomic E-state index is 0.0793. The van der Waals surface area contributed by atoms with Crippen LogP contribution in [-0.2, 0) is 9.59 Å². The average Bonchev–Trinajstić information content (AvgIpc) is 3.06. The molecule has 6 heteroatoms. The number of carbonyl (C=O) groups excluding carboxylic acids is 1. The molecule has 26 heavy (non-hydrogen) atoms. The number of halogens is 1. The van der Waals surface area contributed by atoms with E-state index in [4.69, 9.17) is 16.7 Å². The highest BCUT2D eigenvalue weighted by molar-refractivity contribution is 6.30. The Labute approximate surface area is 156 Å². The highest BCUT2D eigenvalue weighted by Crippen LogP contribution is 2.34. The van der Waals surface area contributed by atoms with Crippen LogP contribution < -0.4 is 0 Å². The van der Waals surface area contributed by atoms with Crippen LogP contribution in [0.1, 0.15) is 42.0 Å². The second kappa shape index (κ2) is 7.70. The second-order valence-electron chi connectivity index (χ2n) is 6.32. The Morgan fingerprint density at radius 3 is 2.38 bits per heavy atom. The average molecular weight is 371 g/mol. The Hall–Kier alpha value is -2.66. The molecule has 0 saturated carbocycles. The van der Waals surface area contributed by atoms with Crippen LogP contribution in [0.3, 0.4) is 0 Å². The lowest BCUT2D eigenvalue weighted by atomic mass is 9.98. The molecule has 2 aromatic rings. The van der Waals surface area contributed by atoms with Gasteiger partial charge in [0.1, 0.15) is 0 Å². The van der Waals surface area contributed by atoms with Crippen molar-refractivity contribution in [1.29, 1.82) is 0 Å². The molecule has 0 bridgehead atoms. The van der Waals surface area contributed by atoms with Gasteiger partial charge in [-0.1, -0.05) is 53.6 Å². The number of hydrazone groups is 1. The number of amides is 1. The van der Waals surface area contributed by atoms with E-state index in [1.165, 1.54) is 5.01 Å². The number of hydrogen-bond donors (Lipinski definition) is 1. The zero-order valence-electron chi connectivity index (χ0n) is 14.4. The van der Waals surface area contributed by atoms with Crippen LogP contribution in [-0.4, -0.2) is 27.7 Å². The molecule has 0 radical (unpaired) electrons. The Bertz CT molecular complexity index is 844. The number of rotatable bonds is 5. The molecule has 3 rings (SSSR count). The zero-order valence-corrected chi connectivity index (χ0v) is 15.1. The predicted octanol–water partition coefficient (Wildman–Crippen LogP) is 4.19. The van der Waals surface area contributed by atoms with Crippen LogP contribution in [0, 0.1) is 6.92 Å². The smallest absolute Gasteiger partial charge is 0.303 e. The fourth-order valence-electron chi connectivity index (χ4n) is 2.93. The van der Waals surface area contributed by atoms with E-state index in [0.29, 0.717) is 11.4 Å². The van der Waals surface area contributed by atoms with Gasteiger partial charge in [0.2, 0.25) is 5.91 Å². The van der Waals surface area contributed by atoms with Gasteiger partial charge in [0.15, 0.2) is 0 Å². The van der Waals surface area contributed by atoms with Gasteiger partial charge in [-0.2, -0.15) is 5.10 Å². The molecule has 134 valence electrons. The zero-order chi connectivity index (χ0) is 18.7. The van der Waals surface area contributed by atoms with E-state index in [-0.39, 0.29) is 24.8 Å². The maximum absolute atomic E-state index is 12.6. The lowest BCUT2D eigenvalue weighted by Crippen LogP contribution is -2.27. The van der Waals surface area contributed by atoms with Crippen molar-refractivity contribution in [3.8, 4) is 0 Å². The number of carboxylic acid groups (broad SMARTS) is 1. The van der Waals surface area contributed by atoms with Gasteiger partial charge < -0.3 is 5.11 Å². The minimum atomic E-state index is -0.997. The summed E-state index contributed by atoms with van der Waals surface area (Å²) in [6.07, 6.45) is 0.283.